The molecule has 0 aliphatic heterocycles. The van der Waals surface area contributed by atoms with Gasteiger partial charge in [-0.1, -0.05) is 157 Å². The molecular formula is C48H30O. The number of benzene rings is 9. The Kier molecular flexibility index (Phi) is 3.54. The van der Waals surface area contributed by atoms with Crippen LogP contribution in [0.15, 0.2) is 186 Å². The predicted octanol–water partition coefficient (Wildman–Crippen LogP) is 13.7. The Bertz CT molecular complexity index is 3760. The lowest BCUT2D eigenvalue weighted by Gasteiger charge is -2.19. The van der Waals surface area contributed by atoms with E-state index in [0.717, 1.165) is 21.9 Å². The van der Waals surface area contributed by atoms with Crippen molar-refractivity contribution in [3.05, 3.63) is 182 Å². The van der Waals surface area contributed by atoms with Crippen LogP contribution in [0.2, 0.25) is 0 Å². The molecule has 49 heavy (non-hydrogen) atoms. The van der Waals surface area contributed by atoms with Gasteiger partial charge in [0.25, 0.3) is 0 Å². The molecule has 228 valence electrons. The van der Waals surface area contributed by atoms with Gasteiger partial charge in [0.2, 0.25) is 0 Å². The fraction of sp³-hybridized carbons (Fsp3) is 0. The van der Waals surface area contributed by atoms with Gasteiger partial charge in [-0.2, -0.15) is 0 Å². The first-order chi connectivity index (χ1) is 31.4. The van der Waals surface area contributed by atoms with Gasteiger partial charge in [0.1, 0.15) is 11.2 Å². The zero-order valence-electron chi connectivity index (χ0n) is 42.4. The van der Waals surface area contributed by atoms with Crippen LogP contribution < -0.4 is 0 Å². The summed E-state index contributed by atoms with van der Waals surface area (Å²) in [5.41, 5.74) is -0.750. The Morgan fingerprint density at radius 2 is 0.918 bits per heavy atom. The number of fused-ring (bicyclic) bond motifs is 6. The van der Waals surface area contributed by atoms with Crippen LogP contribution in [-0.2, 0) is 0 Å². The van der Waals surface area contributed by atoms with E-state index in [2.05, 4.69) is 0 Å². The van der Waals surface area contributed by atoms with Gasteiger partial charge in [-0.25, -0.2) is 0 Å². The van der Waals surface area contributed by atoms with Crippen LogP contribution in [0.1, 0.15) is 23.3 Å². The third-order valence-corrected chi connectivity index (χ3v) is 8.75. The molecule has 0 saturated carbocycles. The Labute approximate surface area is 308 Å². The van der Waals surface area contributed by atoms with E-state index in [1.165, 1.54) is 0 Å². The van der Waals surface area contributed by atoms with Gasteiger partial charge in [0, 0.05) is 10.8 Å². The minimum atomic E-state index is -0.752. The van der Waals surface area contributed by atoms with Gasteiger partial charge in [-0.3, -0.25) is 0 Å². The smallest absolute Gasteiger partial charge is 0.136 e. The maximum Gasteiger partial charge on any atom is 0.136 e. The highest BCUT2D eigenvalue weighted by Gasteiger charge is 2.19. The van der Waals surface area contributed by atoms with Crippen molar-refractivity contribution in [3.8, 4) is 44.5 Å². The first kappa shape index (κ1) is 15.6. The van der Waals surface area contributed by atoms with Gasteiger partial charge in [0.15, 0.2) is 0 Å². The number of hydrogen-bond acceptors (Lipinski definition) is 1. The summed E-state index contributed by atoms with van der Waals surface area (Å²) in [7, 11) is 0. The Balaban J connectivity index is 1.35. The normalized spacial score (nSPS) is 16.5. The summed E-state index contributed by atoms with van der Waals surface area (Å²) in [5, 5.41) is 1.62. The van der Waals surface area contributed by atoms with Crippen molar-refractivity contribution in [2.75, 3.05) is 0 Å². The molecule has 0 atom stereocenters. The minimum absolute atomic E-state index is 0.00702. The quantitative estimate of drug-likeness (QED) is 0.175. The molecule has 1 nitrogen and oxygen atoms in total. The molecule has 0 radical (unpaired) electrons. The molecule has 10 rings (SSSR count). The van der Waals surface area contributed by atoms with Crippen LogP contribution >= 0.6 is 0 Å². The van der Waals surface area contributed by atoms with E-state index >= 15 is 0 Å². The van der Waals surface area contributed by atoms with E-state index in [1.807, 2.05) is 78.9 Å². The van der Waals surface area contributed by atoms with E-state index < -0.39 is 136 Å². The molecule has 1 heterocycles. The molecule has 0 aliphatic carbocycles. The van der Waals surface area contributed by atoms with Crippen LogP contribution in [0.3, 0.4) is 0 Å². The number of rotatable bonds is 4. The maximum atomic E-state index is 9.80. The van der Waals surface area contributed by atoms with Crippen molar-refractivity contribution in [3.63, 3.8) is 0 Å². The lowest BCUT2D eigenvalue weighted by atomic mass is 9.84. The van der Waals surface area contributed by atoms with Gasteiger partial charge in [0.05, 0.1) is 23.3 Å². The summed E-state index contributed by atoms with van der Waals surface area (Å²) in [5.74, 6) is 0. The summed E-state index contributed by atoms with van der Waals surface area (Å²) in [6.07, 6.45) is 0. The molecule has 0 amide bonds. The van der Waals surface area contributed by atoms with Crippen molar-refractivity contribution in [2.24, 2.45) is 0 Å². The van der Waals surface area contributed by atoms with Gasteiger partial charge >= 0.3 is 0 Å². The predicted molar refractivity (Wildman–Crippen MR) is 208 cm³/mol. The van der Waals surface area contributed by atoms with Crippen molar-refractivity contribution in [2.45, 2.75) is 0 Å². The SMILES string of the molecule is [2H]c1c([2H])c([2H])c(-c2c([2H])c([2H])c3oc4c([2H])c(-c5c([2H])c([2H])c(-c6c7ccccc7c(-c7ccccc7)c7ccccc67)c6c([2H])c([2H])c([2H])c([2H])c56)c([2H])c([2H])c4c3c2[2H])c([2H])c1[2H]. The first-order valence-electron chi connectivity index (χ1n) is 24.0. The Morgan fingerprint density at radius 3 is 1.63 bits per heavy atom. The van der Waals surface area contributed by atoms with Gasteiger partial charge in [-0.05, 0) is 101 Å². The average Bonchev–Trinajstić information content (AvgIpc) is 3.74. The molecule has 0 spiro atoms. The molecule has 1 aromatic heterocycles. The lowest BCUT2D eigenvalue weighted by molar-refractivity contribution is 0.669. The van der Waals surface area contributed by atoms with Crippen LogP contribution in [-0.4, -0.2) is 0 Å². The second-order valence-corrected chi connectivity index (χ2v) is 11.5. The van der Waals surface area contributed by atoms with Crippen molar-refractivity contribution < 1.29 is 27.7 Å². The zero-order valence-corrected chi connectivity index (χ0v) is 25.4. The molecule has 0 fully saturated rings. The van der Waals surface area contributed by atoms with E-state index in [4.69, 9.17) is 16.8 Å². The lowest BCUT2D eigenvalue weighted by Crippen LogP contribution is -1.92. The van der Waals surface area contributed by atoms with Crippen molar-refractivity contribution in [1.29, 1.82) is 0 Å². The van der Waals surface area contributed by atoms with Gasteiger partial charge in [-0.15, -0.1) is 0 Å². The van der Waals surface area contributed by atoms with Crippen molar-refractivity contribution in [1.82, 2.24) is 0 Å². The van der Waals surface area contributed by atoms with Crippen LogP contribution in [0, 0.1) is 0 Å². The zero-order chi connectivity index (χ0) is 47.1. The molecule has 10 aromatic rings. The van der Waals surface area contributed by atoms with Crippen molar-refractivity contribution >= 4 is 54.3 Å². The molecular weight excluding hydrogens is 593 g/mol. The second kappa shape index (κ2) is 11.1. The van der Waals surface area contributed by atoms with Crippen LogP contribution in [0.25, 0.3) is 98.8 Å². The van der Waals surface area contributed by atoms with Crippen LogP contribution in [0.4, 0.5) is 0 Å². The molecule has 0 N–H and O–H groups in total. The Hall–Kier alpha value is -6.44. The number of hydrogen-bond donors (Lipinski definition) is 0. The summed E-state index contributed by atoms with van der Waals surface area (Å²) in [4.78, 5) is 0. The molecule has 0 unspecified atom stereocenters. The highest BCUT2D eigenvalue weighted by Crippen LogP contribution is 2.46. The standard InChI is InChI=1S/C48H30O/c1-3-13-31(14-4-1)33-24-28-45-44(29-33)38-25-23-34(30-46(38)49-45)35-26-27-43(37-18-8-7-17-36(35)37)48-41-21-11-9-19-39(41)47(32-15-5-2-6-16-32)40-20-10-12-22-42(40)48/h1-30H/i1D,3D,4D,7D,8D,13D,14D,17D,18D,23D,24D,25D,26D,27D,28D,29D,30D. The molecule has 0 bridgehead atoms. The molecule has 0 saturated heterocycles. The highest BCUT2D eigenvalue weighted by molar-refractivity contribution is 6.24. The summed E-state index contributed by atoms with van der Waals surface area (Å²) >= 11 is 0. The topological polar surface area (TPSA) is 13.1 Å². The fourth-order valence-corrected chi connectivity index (χ4v) is 6.64. The first-order valence-corrected chi connectivity index (χ1v) is 15.5. The summed E-state index contributed by atoms with van der Waals surface area (Å²) < 4.78 is 159. The number of furan rings is 1. The van der Waals surface area contributed by atoms with E-state index in [9.17, 15) is 11.0 Å². The van der Waals surface area contributed by atoms with Crippen LogP contribution in [0.5, 0.6) is 0 Å². The monoisotopic (exact) mass is 639 g/mol. The Morgan fingerprint density at radius 1 is 0.327 bits per heavy atom. The summed E-state index contributed by atoms with van der Waals surface area (Å²) in [6, 6.07) is 13.0. The maximum absolute atomic E-state index is 9.80. The molecule has 9 aromatic carbocycles. The summed E-state index contributed by atoms with van der Waals surface area (Å²) in [6.45, 7) is 0. The fourth-order valence-electron chi connectivity index (χ4n) is 6.64. The van der Waals surface area contributed by atoms with E-state index in [-0.39, 0.29) is 27.1 Å². The third-order valence-electron chi connectivity index (χ3n) is 8.75. The highest BCUT2D eigenvalue weighted by atomic mass is 16.3. The molecule has 1 heteroatoms. The third kappa shape index (κ3) is 4.40. The molecule has 0 aliphatic rings. The second-order valence-electron chi connectivity index (χ2n) is 11.5. The van der Waals surface area contributed by atoms with Gasteiger partial charge < -0.3 is 4.42 Å². The van der Waals surface area contributed by atoms with E-state index in [0.29, 0.717) is 16.3 Å². The largest absolute Gasteiger partial charge is 0.456 e. The minimum Gasteiger partial charge on any atom is -0.456 e. The van der Waals surface area contributed by atoms with E-state index in [1.54, 1.807) is 0 Å². The average molecular weight is 640 g/mol.